The first kappa shape index (κ1) is 11.7. The molecule has 1 aromatic carbocycles. The standard InChI is InChI=1S/C12H8FNO2/c1-16-12(15)10-7-4-6-9(11(10)13)5-2-3-8-14/h4,6-7H,3H2,1H3. The van der Waals surface area contributed by atoms with Gasteiger partial charge >= 0.3 is 5.97 Å². The van der Waals surface area contributed by atoms with Crippen LogP contribution in [0.15, 0.2) is 18.2 Å². The van der Waals surface area contributed by atoms with Crippen LogP contribution in [0, 0.1) is 29.0 Å². The third kappa shape index (κ3) is 2.59. The van der Waals surface area contributed by atoms with Gasteiger partial charge in [0.25, 0.3) is 0 Å². The Labute approximate surface area is 92.5 Å². The van der Waals surface area contributed by atoms with Gasteiger partial charge in [-0.05, 0) is 12.1 Å². The number of nitrogens with zero attached hydrogens (tertiary/aromatic N) is 1. The van der Waals surface area contributed by atoms with Crippen molar-refractivity contribution in [3.05, 3.63) is 35.1 Å². The van der Waals surface area contributed by atoms with Crippen LogP contribution in [0.5, 0.6) is 0 Å². The van der Waals surface area contributed by atoms with E-state index < -0.39 is 11.8 Å². The van der Waals surface area contributed by atoms with Crippen molar-refractivity contribution < 1.29 is 13.9 Å². The summed E-state index contributed by atoms with van der Waals surface area (Å²) in [5.41, 5.74) is -0.0793. The molecule has 3 nitrogen and oxygen atoms in total. The third-order valence-electron chi connectivity index (χ3n) is 1.79. The zero-order chi connectivity index (χ0) is 12.0. The molecule has 0 saturated carbocycles. The number of rotatable bonds is 1. The van der Waals surface area contributed by atoms with E-state index in [4.69, 9.17) is 5.26 Å². The van der Waals surface area contributed by atoms with Gasteiger partial charge in [-0.2, -0.15) is 5.26 Å². The van der Waals surface area contributed by atoms with Crippen molar-refractivity contribution in [1.82, 2.24) is 0 Å². The number of halogens is 1. The first-order chi connectivity index (χ1) is 7.70. The van der Waals surface area contributed by atoms with Gasteiger partial charge in [-0.15, -0.1) is 0 Å². The normalized spacial score (nSPS) is 8.56. The second kappa shape index (κ2) is 5.53. The van der Waals surface area contributed by atoms with Gasteiger partial charge in [0.05, 0.1) is 30.7 Å². The maximum absolute atomic E-state index is 13.7. The Balaban J connectivity index is 3.11. The number of hydrogen-bond donors (Lipinski definition) is 0. The number of hydrogen-bond acceptors (Lipinski definition) is 3. The summed E-state index contributed by atoms with van der Waals surface area (Å²) >= 11 is 0. The van der Waals surface area contributed by atoms with Gasteiger partial charge in [-0.25, -0.2) is 9.18 Å². The largest absolute Gasteiger partial charge is 0.465 e. The Kier molecular flexibility index (Phi) is 4.06. The molecule has 16 heavy (non-hydrogen) atoms. The summed E-state index contributed by atoms with van der Waals surface area (Å²) in [5, 5.41) is 8.27. The SMILES string of the molecule is COC(=O)c1cccc(C#CCC#N)c1F. The number of methoxy groups -OCH3 is 1. The molecule has 0 fully saturated rings. The first-order valence-electron chi connectivity index (χ1n) is 4.43. The molecule has 1 aromatic rings. The fraction of sp³-hybridized carbons (Fsp3) is 0.167. The molecule has 0 aliphatic rings. The van der Waals surface area contributed by atoms with Gasteiger partial charge in [0.2, 0.25) is 0 Å². The number of esters is 1. The average molecular weight is 217 g/mol. The van der Waals surface area contributed by atoms with Crippen LogP contribution in [0.2, 0.25) is 0 Å². The highest BCUT2D eigenvalue weighted by atomic mass is 19.1. The van der Waals surface area contributed by atoms with Crippen LogP contribution in [0.3, 0.4) is 0 Å². The van der Waals surface area contributed by atoms with Crippen molar-refractivity contribution in [2.45, 2.75) is 6.42 Å². The zero-order valence-corrected chi connectivity index (χ0v) is 8.58. The van der Waals surface area contributed by atoms with E-state index in [2.05, 4.69) is 16.6 Å². The van der Waals surface area contributed by atoms with Crippen molar-refractivity contribution in [2.75, 3.05) is 7.11 Å². The lowest BCUT2D eigenvalue weighted by Crippen LogP contribution is -2.05. The average Bonchev–Trinajstić information content (AvgIpc) is 2.30. The molecule has 4 heteroatoms. The van der Waals surface area contributed by atoms with E-state index >= 15 is 0 Å². The molecule has 0 spiro atoms. The molecule has 80 valence electrons. The second-order valence-corrected chi connectivity index (χ2v) is 2.80. The third-order valence-corrected chi connectivity index (χ3v) is 1.79. The van der Waals surface area contributed by atoms with E-state index in [1.165, 1.54) is 25.3 Å². The number of carbonyl (C=O) groups excluding carboxylic acids is 1. The molecule has 0 bridgehead atoms. The molecule has 0 aromatic heterocycles. The van der Waals surface area contributed by atoms with Crippen molar-refractivity contribution in [1.29, 1.82) is 5.26 Å². The van der Waals surface area contributed by atoms with Gasteiger partial charge in [0.15, 0.2) is 5.82 Å². The zero-order valence-electron chi connectivity index (χ0n) is 8.58. The summed E-state index contributed by atoms with van der Waals surface area (Å²) in [6.07, 6.45) is 0.0158. The molecule has 0 amide bonds. The lowest BCUT2D eigenvalue weighted by atomic mass is 10.1. The summed E-state index contributed by atoms with van der Waals surface area (Å²) in [5.74, 6) is 3.48. The molecular formula is C12H8FNO2. The van der Waals surface area contributed by atoms with Gasteiger partial charge in [-0.3, -0.25) is 0 Å². The van der Waals surface area contributed by atoms with E-state index in [1.54, 1.807) is 0 Å². The van der Waals surface area contributed by atoms with Gasteiger partial charge < -0.3 is 4.74 Å². The van der Waals surface area contributed by atoms with Gasteiger partial charge in [-0.1, -0.05) is 17.9 Å². The van der Waals surface area contributed by atoms with E-state index in [1.807, 2.05) is 6.07 Å². The highest BCUT2D eigenvalue weighted by Crippen LogP contribution is 2.12. The quantitative estimate of drug-likeness (QED) is 0.533. The Bertz CT molecular complexity index is 506. The maximum atomic E-state index is 13.7. The molecule has 0 unspecified atom stereocenters. The lowest BCUT2D eigenvalue weighted by molar-refractivity contribution is 0.0595. The van der Waals surface area contributed by atoms with Crippen LogP contribution in [0.4, 0.5) is 4.39 Å². The van der Waals surface area contributed by atoms with E-state index in [0.29, 0.717) is 0 Å². The Morgan fingerprint density at radius 2 is 2.31 bits per heavy atom. The number of ether oxygens (including phenoxy) is 1. The molecule has 0 atom stereocenters. The van der Waals surface area contributed by atoms with Crippen LogP contribution in [0.25, 0.3) is 0 Å². The van der Waals surface area contributed by atoms with Gasteiger partial charge in [0.1, 0.15) is 0 Å². The first-order valence-corrected chi connectivity index (χ1v) is 4.43. The number of carbonyl (C=O) groups is 1. The molecular weight excluding hydrogens is 209 g/mol. The van der Waals surface area contributed by atoms with Gasteiger partial charge in [0, 0.05) is 0 Å². The van der Waals surface area contributed by atoms with Crippen LogP contribution < -0.4 is 0 Å². The highest BCUT2D eigenvalue weighted by molar-refractivity contribution is 5.90. The summed E-state index contributed by atoms with van der Waals surface area (Å²) in [4.78, 5) is 11.2. The van der Waals surface area contributed by atoms with Crippen molar-refractivity contribution in [3.63, 3.8) is 0 Å². The number of benzene rings is 1. The maximum Gasteiger partial charge on any atom is 0.340 e. The smallest absolute Gasteiger partial charge is 0.340 e. The molecule has 1 rings (SSSR count). The minimum absolute atomic E-state index is 0.0158. The Morgan fingerprint density at radius 3 is 2.94 bits per heavy atom. The summed E-state index contributed by atoms with van der Waals surface area (Å²) < 4.78 is 18.1. The van der Waals surface area contributed by atoms with Crippen LogP contribution in [-0.4, -0.2) is 13.1 Å². The highest BCUT2D eigenvalue weighted by Gasteiger charge is 2.13. The molecule has 0 heterocycles. The molecule has 0 radical (unpaired) electrons. The van der Waals surface area contributed by atoms with Crippen molar-refractivity contribution >= 4 is 5.97 Å². The number of nitriles is 1. The predicted molar refractivity (Wildman–Crippen MR) is 54.8 cm³/mol. The summed E-state index contributed by atoms with van der Waals surface area (Å²) in [7, 11) is 1.18. The van der Waals surface area contributed by atoms with E-state index in [0.717, 1.165) is 0 Å². The van der Waals surface area contributed by atoms with E-state index in [-0.39, 0.29) is 17.5 Å². The molecule has 0 aliphatic heterocycles. The van der Waals surface area contributed by atoms with Crippen LogP contribution in [-0.2, 0) is 4.74 Å². The van der Waals surface area contributed by atoms with Crippen molar-refractivity contribution in [2.24, 2.45) is 0 Å². The fourth-order valence-corrected chi connectivity index (χ4v) is 1.08. The van der Waals surface area contributed by atoms with Crippen LogP contribution >= 0.6 is 0 Å². The molecule has 0 saturated heterocycles. The van der Waals surface area contributed by atoms with Crippen LogP contribution in [0.1, 0.15) is 22.3 Å². The monoisotopic (exact) mass is 217 g/mol. The second-order valence-electron chi connectivity index (χ2n) is 2.80. The molecule has 0 N–H and O–H groups in total. The minimum Gasteiger partial charge on any atom is -0.465 e. The molecule has 0 aliphatic carbocycles. The van der Waals surface area contributed by atoms with E-state index in [9.17, 15) is 9.18 Å². The predicted octanol–water partition coefficient (Wildman–Crippen LogP) is 1.88. The Morgan fingerprint density at radius 1 is 1.56 bits per heavy atom. The topological polar surface area (TPSA) is 50.1 Å². The Hall–Kier alpha value is -2.33. The van der Waals surface area contributed by atoms with Crippen molar-refractivity contribution in [3.8, 4) is 17.9 Å². The minimum atomic E-state index is -0.749. The summed E-state index contributed by atoms with van der Waals surface area (Å²) in [6, 6.07) is 6.08. The summed E-state index contributed by atoms with van der Waals surface area (Å²) in [6.45, 7) is 0. The fourth-order valence-electron chi connectivity index (χ4n) is 1.08. The lowest BCUT2D eigenvalue weighted by Gasteiger charge is -2.01.